The summed E-state index contributed by atoms with van der Waals surface area (Å²) >= 11 is 5.95. The molecule has 5 nitrogen and oxygen atoms in total. The van der Waals surface area contributed by atoms with Crippen molar-refractivity contribution in [2.75, 3.05) is 32.0 Å². The van der Waals surface area contributed by atoms with Crippen molar-refractivity contribution < 1.29 is 0 Å². The average molecular weight is 423 g/mol. The lowest BCUT2D eigenvalue weighted by atomic mass is 10.1. The van der Waals surface area contributed by atoms with E-state index in [0.717, 1.165) is 54.1 Å². The number of hydrogen-bond donors (Lipinski definition) is 2. The molecule has 2 aromatic carbocycles. The first-order valence-corrected chi connectivity index (χ1v) is 10.5. The molecule has 0 unspecified atom stereocenters. The van der Waals surface area contributed by atoms with E-state index in [0.29, 0.717) is 5.02 Å². The van der Waals surface area contributed by atoms with Gasteiger partial charge in [0.2, 0.25) is 0 Å². The number of pyridine rings is 1. The molecule has 156 valence electrons. The van der Waals surface area contributed by atoms with Gasteiger partial charge >= 0.3 is 0 Å². The Bertz CT molecular complexity index is 1060. The van der Waals surface area contributed by atoms with Gasteiger partial charge in [-0.05, 0) is 67.5 Å². The molecule has 0 aliphatic rings. The molecule has 0 saturated carbocycles. The maximum Gasteiger partial charge on any atom is 0.255 e. The number of halogens is 1. The van der Waals surface area contributed by atoms with Gasteiger partial charge in [0.1, 0.15) is 0 Å². The van der Waals surface area contributed by atoms with Crippen LogP contribution < -0.4 is 10.9 Å². The van der Waals surface area contributed by atoms with E-state index in [1.807, 2.05) is 48.5 Å². The zero-order valence-electron chi connectivity index (χ0n) is 17.4. The maximum atomic E-state index is 12.7. The SMILES string of the molecule is CCCN(C)CCNc1ccc(-n2ccc(-c3ccc(Cl)cc3)cc2=O)cc1C=N. The summed E-state index contributed by atoms with van der Waals surface area (Å²) < 4.78 is 1.59. The molecule has 0 atom stereocenters. The topological polar surface area (TPSA) is 61.1 Å². The van der Waals surface area contributed by atoms with Gasteiger partial charge < -0.3 is 15.6 Å². The molecule has 0 radical (unpaired) electrons. The third-order valence-corrected chi connectivity index (χ3v) is 5.23. The summed E-state index contributed by atoms with van der Waals surface area (Å²) in [4.78, 5) is 15.0. The Morgan fingerprint density at radius 2 is 1.83 bits per heavy atom. The zero-order valence-corrected chi connectivity index (χ0v) is 18.1. The van der Waals surface area contributed by atoms with Gasteiger partial charge in [-0.25, -0.2) is 0 Å². The number of rotatable bonds is 9. The molecule has 0 fully saturated rings. The summed E-state index contributed by atoms with van der Waals surface area (Å²) in [7, 11) is 2.10. The minimum atomic E-state index is -0.125. The molecule has 1 aromatic heterocycles. The van der Waals surface area contributed by atoms with Crippen molar-refractivity contribution in [3.8, 4) is 16.8 Å². The van der Waals surface area contributed by atoms with Gasteiger partial charge in [0.25, 0.3) is 5.56 Å². The summed E-state index contributed by atoms with van der Waals surface area (Å²) in [6.45, 7) is 4.96. The molecule has 1 heterocycles. The van der Waals surface area contributed by atoms with Crippen LogP contribution >= 0.6 is 11.6 Å². The predicted octanol–water partition coefficient (Wildman–Crippen LogP) is 4.91. The normalized spacial score (nSPS) is 10.9. The quantitative estimate of drug-likeness (QED) is 0.481. The molecule has 0 spiro atoms. The van der Waals surface area contributed by atoms with Crippen LogP contribution in [0, 0.1) is 5.41 Å². The van der Waals surface area contributed by atoms with E-state index in [9.17, 15) is 4.79 Å². The molecule has 2 N–H and O–H groups in total. The van der Waals surface area contributed by atoms with Crippen LogP contribution in [0.3, 0.4) is 0 Å². The Morgan fingerprint density at radius 1 is 1.07 bits per heavy atom. The number of aromatic nitrogens is 1. The molecule has 0 bridgehead atoms. The Labute approximate surface area is 182 Å². The molecular weight excluding hydrogens is 396 g/mol. The number of likely N-dealkylation sites (N-methyl/N-ethyl adjacent to an activating group) is 1. The van der Waals surface area contributed by atoms with E-state index < -0.39 is 0 Å². The first-order valence-electron chi connectivity index (χ1n) is 10.1. The highest BCUT2D eigenvalue weighted by Crippen LogP contribution is 2.22. The van der Waals surface area contributed by atoms with Crippen LogP contribution in [0.1, 0.15) is 18.9 Å². The van der Waals surface area contributed by atoms with Crippen molar-refractivity contribution >= 4 is 23.5 Å². The lowest BCUT2D eigenvalue weighted by Gasteiger charge is -2.17. The van der Waals surface area contributed by atoms with Crippen LogP contribution in [0.25, 0.3) is 16.8 Å². The van der Waals surface area contributed by atoms with Crippen molar-refractivity contribution in [3.63, 3.8) is 0 Å². The molecule has 0 aliphatic heterocycles. The Kier molecular flexibility index (Phi) is 7.44. The van der Waals surface area contributed by atoms with E-state index in [2.05, 4.69) is 24.2 Å². The fraction of sp³-hybridized carbons (Fsp3) is 0.250. The van der Waals surface area contributed by atoms with Crippen LogP contribution in [-0.2, 0) is 0 Å². The lowest BCUT2D eigenvalue weighted by Crippen LogP contribution is -2.26. The van der Waals surface area contributed by atoms with E-state index in [1.165, 1.54) is 6.21 Å². The molecule has 3 rings (SSSR count). The van der Waals surface area contributed by atoms with Gasteiger partial charge in [-0.1, -0.05) is 30.7 Å². The molecular formula is C24H27ClN4O. The number of benzene rings is 2. The summed E-state index contributed by atoms with van der Waals surface area (Å²) in [5.41, 5.74) is 4.03. The minimum Gasteiger partial charge on any atom is -0.383 e. The van der Waals surface area contributed by atoms with Gasteiger partial charge in [-0.15, -0.1) is 0 Å². The van der Waals surface area contributed by atoms with Crippen molar-refractivity contribution in [2.24, 2.45) is 0 Å². The monoisotopic (exact) mass is 422 g/mol. The Hall–Kier alpha value is -2.89. The summed E-state index contributed by atoms with van der Waals surface area (Å²) in [6, 6.07) is 16.6. The number of nitrogens with one attached hydrogen (secondary N) is 2. The highest BCUT2D eigenvalue weighted by atomic mass is 35.5. The van der Waals surface area contributed by atoms with Crippen LogP contribution in [0.4, 0.5) is 5.69 Å². The first-order chi connectivity index (χ1) is 14.5. The second kappa shape index (κ2) is 10.2. The Morgan fingerprint density at radius 3 is 2.50 bits per heavy atom. The van der Waals surface area contributed by atoms with Gasteiger partial charge in [-0.3, -0.25) is 9.36 Å². The van der Waals surface area contributed by atoms with E-state index >= 15 is 0 Å². The fourth-order valence-corrected chi connectivity index (χ4v) is 3.50. The van der Waals surface area contributed by atoms with E-state index in [4.69, 9.17) is 17.0 Å². The second-order valence-electron chi connectivity index (χ2n) is 7.28. The largest absolute Gasteiger partial charge is 0.383 e. The van der Waals surface area contributed by atoms with Crippen LogP contribution in [0.2, 0.25) is 5.02 Å². The molecule has 6 heteroatoms. The van der Waals surface area contributed by atoms with E-state index in [1.54, 1.807) is 16.8 Å². The van der Waals surface area contributed by atoms with Crippen molar-refractivity contribution in [1.82, 2.24) is 9.47 Å². The summed E-state index contributed by atoms with van der Waals surface area (Å²) in [6.07, 6.45) is 4.21. The average Bonchev–Trinajstić information content (AvgIpc) is 2.74. The van der Waals surface area contributed by atoms with Gasteiger partial charge in [0, 0.05) is 53.5 Å². The fourth-order valence-electron chi connectivity index (χ4n) is 3.37. The zero-order chi connectivity index (χ0) is 21.5. The number of hydrogen-bond acceptors (Lipinski definition) is 4. The van der Waals surface area contributed by atoms with Crippen molar-refractivity contribution in [2.45, 2.75) is 13.3 Å². The molecule has 30 heavy (non-hydrogen) atoms. The van der Waals surface area contributed by atoms with Crippen LogP contribution in [-0.4, -0.2) is 42.4 Å². The third-order valence-electron chi connectivity index (χ3n) is 4.98. The van der Waals surface area contributed by atoms with Gasteiger partial charge in [-0.2, -0.15) is 0 Å². The Balaban J connectivity index is 1.79. The van der Waals surface area contributed by atoms with Gasteiger partial charge in [0.05, 0.1) is 0 Å². The smallest absolute Gasteiger partial charge is 0.255 e. The lowest BCUT2D eigenvalue weighted by molar-refractivity contribution is 0.348. The van der Waals surface area contributed by atoms with Crippen molar-refractivity contribution in [1.29, 1.82) is 5.41 Å². The standard InChI is InChI=1S/C24H27ClN4O/c1-3-12-28(2)14-11-27-23-9-8-22(15-20(23)17-26)29-13-10-19(16-24(29)30)18-4-6-21(25)7-5-18/h4-10,13,15-17,26-27H,3,11-12,14H2,1-2H3. The van der Waals surface area contributed by atoms with Crippen LogP contribution in [0.15, 0.2) is 65.6 Å². The molecule has 0 saturated heterocycles. The minimum absolute atomic E-state index is 0.125. The maximum absolute atomic E-state index is 12.7. The second-order valence-corrected chi connectivity index (χ2v) is 7.71. The number of nitrogens with zero attached hydrogens (tertiary/aromatic N) is 2. The summed E-state index contributed by atoms with van der Waals surface area (Å²) in [5, 5.41) is 11.8. The number of anilines is 1. The molecule has 0 amide bonds. The highest BCUT2D eigenvalue weighted by Gasteiger charge is 2.07. The third kappa shape index (κ3) is 5.38. The first kappa shape index (κ1) is 21.8. The van der Waals surface area contributed by atoms with Gasteiger partial charge in [0.15, 0.2) is 0 Å². The highest BCUT2D eigenvalue weighted by molar-refractivity contribution is 6.30. The van der Waals surface area contributed by atoms with E-state index in [-0.39, 0.29) is 5.56 Å². The molecule has 0 aliphatic carbocycles. The van der Waals surface area contributed by atoms with Crippen LogP contribution in [0.5, 0.6) is 0 Å². The predicted molar refractivity (Wildman–Crippen MR) is 127 cm³/mol. The van der Waals surface area contributed by atoms with Crippen molar-refractivity contribution in [3.05, 3.63) is 81.7 Å². The summed E-state index contributed by atoms with van der Waals surface area (Å²) in [5.74, 6) is 0. The molecule has 3 aromatic rings.